The Morgan fingerprint density at radius 3 is 2.27 bits per heavy atom. The Kier molecular flexibility index (Phi) is 6.53. The first-order chi connectivity index (χ1) is 12.6. The van der Waals surface area contributed by atoms with Crippen LogP contribution in [0.25, 0.3) is 0 Å². The molecule has 1 N–H and O–H groups in total. The molecule has 1 saturated heterocycles. The van der Waals surface area contributed by atoms with Crippen LogP contribution in [-0.4, -0.2) is 31.1 Å². The van der Waals surface area contributed by atoms with Gasteiger partial charge in [0.1, 0.15) is 0 Å². The molecule has 1 aliphatic carbocycles. The average molecular weight is 358 g/mol. The van der Waals surface area contributed by atoms with E-state index in [1.165, 1.54) is 31.4 Å². The third-order valence-corrected chi connectivity index (χ3v) is 5.46. The van der Waals surface area contributed by atoms with Gasteiger partial charge in [-0.2, -0.15) is 0 Å². The van der Waals surface area contributed by atoms with Crippen LogP contribution in [0.3, 0.4) is 0 Å². The third-order valence-electron chi connectivity index (χ3n) is 5.46. The van der Waals surface area contributed by atoms with Crippen LogP contribution >= 0.6 is 0 Å². The largest absolute Gasteiger partial charge is 0.452 e. The minimum absolute atomic E-state index is 0.0390. The maximum atomic E-state index is 12.3. The lowest BCUT2D eigenvalue weighted by Crippen LogP contribution is -2.33. The molecule has 1 saturated carbocycles. The summed E-state index contributed by atoms with van der Waals surface area (Å²) < 4.78 is 5.38. The maximum absolute atomic E-state index is 12.3. The number of amides is 1. The summed E-state index contributed by atoms with van der Waals surface area (Å²) >= 11 is 0. The number of carbonyl (C=O) groups is 2. The number of carbonyl (C=O) groups excluding carboxylic acids is 2. The first-order valence-electron chi connectivity index (χ1n) is 10.00. The summed E-state index contributed by atoms with van der Waals surface area (Å²) in [5, 5.41) is 2.85. The molecule has 0 spiro atoms. The molecule has 1 heterocycles. The molecule has 1 aromatic carbocycles. The van der Waals surface area contributed by atoms with Gasteiger partial charge in [0, 0.05) is 24.5 Å². The van der Waals surface area contributed by atoms with Gasteiger partial charge >= 0.3 is 5.97 Å². The molecule has 5 nitrogen and oxygen atoms in total. The minimum atomic E-state index is -0.772. The molecule has 0 aromatic heterocycles. The Morgan fingerprint density at radius 2 is 1.62 bits per heavy atom. The molecule has 3 rings (SSSR count). The van der Waals surface area contributed by atoms with Crippen LogP contribution in [0.2, 0.25) is 0 Å². The Labute approximate surface area is 156 Å². The molecule has 2 aliphatic rings. The second-order valence-electron chi connectivity index (χ2n) is 7.50. The van der Waals surface area contributed by atoms with Crippen LogP contribution < -0.4 is 10.2 Å². The SMILES string of the molecule is C[C@@H](OC(=O)C1CCCCC1)C(=O)Nc1ccc(N2CCCCC2)cc1. The zero-order valence-electron chi connectivity index (χ0n) is 15.7. The van der Waals surface area contributed by atoms with Crippen molar-refractivity contribution in [1.82, 2.24) is 0 Å². The molecule has 1 amide bonds. The molecule has 0 bridgehead atoms. The van der Waals surface area contributed by atoms with Crippen LogP contribution in [-0.2, 0) is 14.3 Å². The highest BCUT2D eigenvalue weighted by Gasteiger charge is 2.26. The predicted octanol–water partition coefficient (Wildman–Crippen LogP) is 4.13. The zero-order valence-corrected chi connectivity index (χ0v) is 15.7. The van der Waals surface area contributed by atoms with Crippen LogP contribution in [0, 0.1) is 5.92 Å². The maximum Gasteiger partial charge on any atom is 0.309 e. The molecule has 142 valence electrons. The van der Waals surface area contributed by atoms with E-state index in [2.05, 4.69) is 10.2 Å². The van der Waals surface area contributed by atoms with E-state index in [1.54, 1.807) is 6.92 Å². The van der Waals surface area contributed by atoms with Crippen LogP contribution in [0.4, 0.5) is 11.4 Å². The zero-order chi connectivity index (χ0) is 18.4. The number of hydrogen-bond acceptors (Lipinski definition) is 4. The smallest absolute Gasteiger partial charge is 0.309 e. The number of esters is 1. The quantitative estimate of drug-likeness (QED) is 0.804. The van der Waals surface area contributed by atoms with E-state index < -0.39 is 6.10 Å². The van der Waals surface area contributed by atoms with E-state index in [0.717, 1.165) is 44.5 Å². The topological polar surface area (TPSA) is 58.6 Å². The van der Waals surface area contributed by atoms with Crippen molar-refractivity contribution in [3.8, 4) is 0 Å². The standard InChI is InChI=1S/C21H30N2O3/c1-16(26-21(25)17-8-4-2-5-9-17)20(24)22-18-10-12-19(13-11-18)23-14-6-3-7-15-23/h10-13,16-17H,2-9,14-15H2,1H3,(H,22,24)/t16-/m1/s1. The second-order valence-corrected chi connectivity index (χ2v) is 7.50. The number of hydrogen-bond donors (Lipinski definition) is 1. The summed E-state index contributed by atoms with van der Waals surface area (Å²) in [5.41, 5.74) is 1.93. The monoisotopic (exact) mass is 358 g/mol. The van der Waals surface area contributed by atoms with Gasteiger partial charge in [0.25, 0.3) is 5.91 Å². The molecule has 0 unspecified atom stereocenters. The number of piperidine rings is 1. The van der Waals surface area contributed by atoms with Crippen molar-refractivity contribution >= 4 is 23.3 Å². The van der Waals surface area contributed by atoms with Gasteiger partial charge < -0.3 is 15.0 Å². The van der Waals surface area contributed by atoms with Crippen LogP contribution in [0.5, 0.6) is 0 Å². The van der Waals surface area contributed by atoms with Gasteiger partial charge in [0.05, 0.1) is 5.92 Å². The number of anilines is 2. The highest BCUT2D eigenvalue weighted by Crippen LogP contribution is 2.25. The fraction of sp³-hybridized carbons (Fsp3) is 0.619. The predicted molar refractivity (Wildman–Crippen MR) is 103 cm³/mol. The van der Waals surface area contributed by atoms with E-state index in [9.17, 15) is 9.59 Å². The molecular formula is C21H30N2O3. The van der Waals surface area contributed by atoms with Crippen LogP contribution in [0.15, 0.2) is 24.3 Å². The summed E-state index contributed by atoms with van der Waals surface area (Å²) in [4.78, 5) is 26.9. The molecule has 26 heavy (non-hydrogen) atoms. The Morgan fingerprint density at radius 1 is 1.00 bits per heavy atom. The van der Waals surface area contributed by atoms with Crippen molar-refractivity contribution in [3.05, 3.63) is 24.3 Å². The van der Waals surface area contributed by atoms with Crippen molar-refractivity contribution in [2.45, 2.75) is 64.4 Å². The number of nitrogens with one attached hydrogen (secondary N) is 1. The number of benzene rings is 1. The lowest BCUT2D eigenvalue weighted by Gasteiger charge is -2.28. The molecule has 0 radical (unpaired) electrons. The van der Waals surface area contributed by atoms with Gasteiger partial charge in [-0.3, -0.25) is 9.59 Å². The summed E-state index contributed by atoms with van der Waals surface area (Å²) in [7, 11) is 0. The lowest BCUT2D eigenvalue weighted by molar-refractivity contribution is -0.158. The highest BCUT2D eigenvalue weighted by atomic mass is 16.5. The second kappa shape index (κ2) is 9.06. The first-order valence-corrected chi connectivity index (χ1v) is 10.00. The Bertz CT molecular complexity index is 602. The molecule has 5 heteroatoms. The van der Waals surface area contributed by atoms with Gasteiger partial charge in [0.15, 0.2) is 6.10 Å². The van der Waals surface area contributed by atoms with Crippen molar-refractivity contribution in [1.29, 1.82) is 0 Å². The lowest BCUT2D eigenvalue weighted by atomic mass is 9.89. The Balaban J connectivity index is 1.49. The van der Waals surface area contributed by atoms with E-state index in [0.29, 0.717) is 0 Å². The average Bonchev–Trinajstić information content (AvgIpc) is 2.70. The number of nitrogens with zero attached hydrogens (tertiary/aromatic N) is 1. The van der Waals surface area contributed by atoms with E-state index >= 15 is 0 Å². The third kappa shape index (κ3) is 4.99. The first kappa shape index (κ1) is 18.7. The van der Waals surface area contributed by atoms with E-state index in [1.807, 2.05) is 24.3 Å². The summed E-state index contributed by atoms with van der Waals surface area (Å²) in [6.07, 6.45) is 8.11. The summed E-state index contributed by atoms with van der Waals surface area (Å²) in [6, 6.07) is 7.91. The molecule has 1 aliphatic heterocycles. The van der Waals surface area contributed by atoms with E-state index in [4.69, 9.17) is 4.74 Å². The van der Waals surface area contributed by atoms with Crippen LogP contribution in [0.1, 0.15) is 58.3 Å². The Hall–Kier alpha value is -2.04. The van der Waals surface area contributed by atoms with E-state index in [-0.39, 0.29) is 17.8 Å². The molecule has 2 fully saturated rings. The normalized spacial score (nSPS) is 19.7. The fourth-order valence-electron chi connectivity index (χ4n) is 3.81. The van der Waals surface area contributed by atoms with Gasteiger partial charge in [-0.15, -0.1) is 0 Å². The highest BCUT2D eigenvalue weighted by molar-refractivity contribution is 5.95. The van der Waals surface area contributed by atoms with Gasteiger partial charge in [0.2, 0.25) is 0 Å². The van der Waals surface area contributed by atoms with Crippen molar-refractivity contribution in [2.75, 3.05) is 23.3 Å². The van der Waals surface area contributed by atoms with Crippen molar-refractivity contribution < 1.29 is 14.3 Å². The fourth-order valence-corrected chi connectivity index (χ4v) is 3.81. The summed E-state index contributed by atoms with van der Waals surface area (Å²) in [5.74, 6) is -0.546. The molecular weight excluding hydrogens is 328 g/mol. The summed E-state index contributed by atoms with van der Waals surface area (Å²) in [6.45, 7) is 3.83. The van der Waals surface area contributed by atoms with Crippen molar-refractivity contribution in [3.63, 3.8) is 0 Å². The minimum Gasteiger partial charge on any atom is -0.452 e. The van der Waals surface area contributed by atoms with Gasteiger partial charge in [-0.25, -0.2) is 0 Å². The molecule has 1 aromatic rings. The van der Waals surface area contributed by atoms with Gasteiger partial charge in [-0.05, 0) is 63.3 Å². The van der Waals surface area contributed by atoms with Gasteiger partial charge in [-0.1, -0.05) is 19.3 Å². The molecule has 1 atom stereocenters. The van der Waals surface area contributed by atoms with Crippen molar-refractivity contribution in [2.24, 2.45) is 5.92 Å². The number of ether oxygens (including phenoxy) is 1. The number of rotatable bonds is 5.